The number of nitrogens with one attached hydrogen (secondary N) is 1. The molecule has 1 aliphatic heterocycles. The normalized spacial score (nSPS) is 32.4. The molecule has 1 aliphatic carbocycles. The van der Waals surface area contributed by atoms with Gasteiger partial charge >= 0.3 is 0 Å². The first-order valence-corrected chi connectivity index (χ1v) is 7.30. The van der Waals surface area contributed by atoms with E-state index in [1.165, 1.54) is 0 Å². The molecule has 0 aromatic rings. The zero-order valence-corrected chi connectivity index (χ0v) is 11.9. The van der Waals surface area contributed by atoms with Gasteiger partial charge in [-0.1, -0.05) is 6.42 Å². The molecule has 2 fully saturated rings. The molecule has 2 amide bonds. The first-order valence-electron chi connectivity index (χ1n) is 7.30. The number of carbonyl (C=O) groups excluding carboxylic acids is 2. The summed E-state index contributed by atoms with van der Waals surface area (Å²) in [6.45, 7) is 5.31. The van der Waals surface area contributed by atoms with Crippen molar-refractivity contribution in [3.05, 3.63) is 0 Å². The molecule has 5 heteroatoms. The molecule has 2 aliphatic rings. The van der Waals surface area contributed by atoms with Crippen LogP contribution in [0.2, 0.25) is 0 Å². The molecule has 1 heterocycles. The van der Waals surface area contributed by atoms with Gasteiger partial charge < -0.3 is 16.0 Å². The SMILES string of the molecule is CC(NC(=O)C1(C)CCCC1N)C(=O)N1CCCC1. The predicted octanol–water partition coefficient (Wildman–Crippen LogP) is 0.631. The van der Waals surface area contributed by atoms with Crippen molar-refractivity contribution in [2.75, 3.05) is 13.1 Å². The van der Waals surface area contributed by atoms with Gasteiger partial charge in [0, 0.05) is 19.1 Å². The first-order chi connectivity index (χ1) is 8.95. The van der Waals surface area contributed by atoms with Crippen LogP contribution in [0.1, 0.15) is 46.0 Å². The molecule has 0 radical (unpaired) electrons. The third-order valence-corrected chi connectivity index (χ3v) is 4.68. The molecule has 3 N–H and O–H groups in total. The number of likely N-dealkylation sites (tertiary alicyclic amines) is 1. The summed E-state index contributed by atoms with van der Waals surface area (Å²) in [5, 5.41) is 2.86. The maximum atomic E-state index is 12.3. The van der Waals surface area contributed by atoms with Gasteiger partial charge in [0.1, 0.15) is 6.04 Å². The van der Waals surface area contributed by atoms with Crippen molar-refractivity contribution in [2.45, 2.75) is 58.0 Å². The van der Waals surface area contributed by atoms with Gasteiger partial charge in [0.2, 0.25) is 11.8 Å². The van der Waals surface area contributed by atoms with E-state index in [1.807, 2.05) is 11.8 Å². The predicted molar refractivity (Wildman–Crippen MR) is 73.4 cm³/mol. The fourth-order valence-corrected chi connectivity index (χ4v) is 3.11. The van der Waals surface area contributed by atoms with Crippen LogP contribution < -0.4 is 11.1 Å². The first kappa shape index (κ1) is 14.3. The Morgan fingerprint density at radius 1 is 1.32 bits per heavy atom. The Hall–Kier alpha value is -1.10. The lowest BCUT2D eigenvalue weighted by Crippen LogP contribution is -2.53. The highest BCUT2D eigenvalue weighted by Gasteiger charge is 2.43. The Kier molecular flexibility index (Phi) is 4.13. The maximum absolute atomic E-state index is 12.3. The fraction of sp³-hybridized carbons (Fsp3) is 0.857. The Balaban J connectivity index is 1.92. The van der Waals surface area contributed by atoms with E-state index in [0.29, 0.717) is 0 Å². The van der Waals surface area contributed by atoms with E-state index in [-0.39, 0.29) is 17.9 Å². The number of hydrogen-bond acceptors (Lipinski definition) is 3. The summed E-state index contributed by atoms with van der Waals surface area (Å²) < 4.78 is 0. The van der Waals surface area contributed by atoms with Gasteiger partial charge in [-0.2, -0.15) is 0 Å². The summed E-state index contributed by atoms with van der Waals surface area (Å²) in [7, 11) is 0. The van der Waals surface area contributed by atoms with Crippen LogP contribution in [0.3, 0.4) is 0 Å². The van der Waals surface area contributed by atoms with Crippen molar-refractivity contribution in [1.82, 2.24) is 10.2 Å². The molecular formula is C14H25N3O2. The van der Waals surface area contributed by atoms with Crippen molar-refractivity contribution in [3.63, 3.8) is 0 Å². The molecule has 0 spiro atoms. The number of carbonyl (C=O) groups is 2. The minimum Gasteiger partial charge on any atom is -0.344 e. The Bertz CT molecular complexity index is 366. The van der Waals surface area contributed by atoms with Crippen molar-refractivity contribution >= 4 is 11.8 Å². The van der Waals surface area contributed by atoms with E-state index < -0.39 is 11.5 Å². The standard InChI is InChI=1S/C14H25N3O2/c1-10(12(18)17-8-3-4-9-17)16-13(19)14(2)7-5-6-11(14)15/h10-11H,3-9,15H2,1-2H3,(H,16,19). The van der Waals surface area contributed by atoms with E-state index in [1.54, 1.807) is 6.92 Å². The number of nitrogens with two attached hydrogens (primary N) is 1. The minimum atomic E-state index is -0.514. The zero-order chi connectivity index (χ0) is 14.0. The number of hydrogen-bond donors (Lipinski definition) is 2. The Labute approximate surface area is 114 Å². The summed E-state index contributed by atoms with van der Waals surface area (Å²) in [5.41, 5.74) is 5.52. The lowest BCUT2D eigenvalue weighted by molar-refractivity contribution is -0.138. The van der Waals surface area contributed by atoms with Crippen LogP contribution in [0.4, 0.5) is 0 Å². The van der Waals surface area contributed by atoms with Crippen molar-refractivity contribution < 1.29 is 9.59 Å². The smallest absolute Gasteiger partial charge is 0.244 e. The number of amides is 2. The summed E-state index contributed by atoms with van der Waals surface area (Å²) >= 11 is 0. The molecule has 1 saturated heterocycles. The number of rotatable bonds is 3. The monoisotopic (exact) mass is 267 g/mol. The van der Waals surface area contributed by atoms with E-state index in [4.69, 9.17) is 5.73 Å². The van der Waals surface area contributed by atoms with E-state index >= 15 is 0 Å². The van der Waals surface area contributed by atoms with Crippen LogP contribution in [0, 0.1) is 5.41 Å². The molecule has 0 bridgehead atoms. The second-order valence-corrected chi connectivity index (χ2v) is 6.14. The maximum Gasteiger partial charge on any atom is 0.244 e. The van der Waals surface area contributed by atoms with Gasteiger partial charge in [0.05, 0.1) is 5.41 Å². The fourth-order valence-electron chi connectivity index (χ4n) is 3.11. The van der Waals surface area contributed by atoms with Crippen LogP contribution >= 0.6 is 0 Å². The molecule has 3 unspecified atom stereocenters. The summed E-state index contributed by atoms with van der Waals surface area (Å²) in [5.74, 6) is -0.0430. The quantitative estimate of drug-likeness (QED) is 0.787. The highest BCUT2D eigenvalue weighted by atomic mass is 16.2. The Morgan fingerprint density at radius 2 is 1.95 bits per heavy atom. The zero-order valence-electron chi connectivity index (χ0n) is 11.9. The second kappa shape index (κ2) is 5.49. The third-order valence-electron chi connectivity index (χ3n) is 4.68. The van der Waals surface area contributed by atoms with Crippen LogP contribution in [-0.4, -0.2) is 41.9 Å². The summed E-state index contributed by atoms with van der Waals surface area (Å²) in [4.78, 5) is 26.3. The minimum absolute atomic E-state index is 0.0287. The molecule has 5 nitrogen and oxygen atoms in total. The van der Waals surface area contributed by atoms with E-state index in [9.17, 15) is 9.59 Å². The van der Waals surface area contributed by atoms with Crippen molar-refractivity contribution in [3.8, 4) is 0 Å². The van der Waals surface area contributed by atoms with Crippen LogP contribution in [-0.2, 0) is 9.59 Å². The van der Waals surface area contributed by atoms with Gasteiger partial charge in [-0.25, -0.2) is 0 Å². The van der Waals surface area contributed by atoms with E-state index in [0.717, 1.165) is 45.2 Å². The lowest BCUT2D eigenvalue weighted by atomic mass is 9.84. The highest BCUT2D eigenvalue weighted by molar-refractivity contribution is 5.90. The average Bonchev–Trinajstić information content (AvgIpc) is 3.00. The van der Waals surface area contributed by atoms with Gasteiger partial charge in [-0.05, 0) is 39.5 Å². The van der Waals surface area contributed by atoms with Gasteiger partial charge in [-0.3, -0.25) is 9.59 Å². The molecule has 0 aromatic heterocycles. The Morgan fingerprint density at radius 3 is 2.47 bits per heavy atom. The molecular weight excluding hydrogens is 242 g/mol. The molecule has 1 saturated carbocycles. The van der Waals surface area contributed by atoms with Gasteiger partial charge in [0.15, 0.2) is 0 Å². The van der Waals surface area contributed by atoms with Gasteiger partial charge in [-0.15, -0.1) is 0 Å². The van der Waals surface area contributed by atoms with Crippen molar-refractivity contribution in [2.24, 2.45) is 11.1 Å². The van der Waals surface area contributed by atoms with E-state index in [2.05, 4.69) is 5.32 Å². The van der Waals surface area contributed by atoms with Gasteiger partial charge in [0.25, 0.3) is 0 Å². The molecule has 0 aromatic carbocycles. The molecule has 19 heavy (non-hydrogen) atoms. The van der Waals surface area contributed by atoms with Crippen LogP contribution in [0.25, 0.3) is 0 Å². The van der Waals surface area contributed by atoms with Crippen LogP contribution in [0.5, 0.6) is 0 Å². The number of nitrogens with zero attached hydrogens (tertiary/aromatic N) is 1. The van der Waals surface area contributed by atoms with Crippen molar-refractivity contribution in [1.29, 1.82) is 0 Å². The lowest BCUT2D eigenvalue weighted by Gasteiger charge is -2.30. The largest absolute Gasteiger partial charge is 0.344 e. The topological polar surface area (TPSA) is 75.4 Å². The summed E-state index contributed by atoms with van der Waals surface area (Å²) in [6.07, 6.45) is 4.81. The van der Waals surface area contributed by atoms with Crippen LogP contribution in [0.15, 0.2) is 0 Å². The second-order valence-electron chi connectivity index (χ2n) is 6.14. The third kappa shape index (κ3) is 2.76. The average molecular weight is 267 g/mol. The molecule has 2 rings (SSSR count). The molecule has 3 atom stereocenters. The highest BCUT2D eigenvalue weighted by Crippen LogP contribution is 2.36. The summed E-state index contributed by atoms with van der Waals surface area (Å²) in [6, 6.07) is -0.545. The molecule has 108 valence electrons.